The molecule has 0 aromatic carbocycles. The summed E-state index contributed by atoms with van der Waals surface area (Å²) in [5.41, 5.74) is 5.78. The van der Waals surface area contributed by atoms with E-state index in [0.717, 1.165) is 6.54 Å². The summed E-state index contributed by atoms with van der Waals surface area (Å²) in [5.74, 6) is -0.274. The minimum absolute atomic E-state index is 0.274. The van der Waals surface area contributed by atoms with Crippen molar-refractivity contribution in [3.63, 3.8) is 0 Å². The summed E-state index contributed by atoms with van der Waals surface area (Å²) in [6.45, 7) is 3.09. The summed E-state index contributed by atoms with van der Waals surface area (Å²) in [6, 6.07) is 0.208. The van der Waals surface area contributed by atoms with Crippen LogP contribution in [0.1, 0.15) is 45.4 Å². The van der Waals surface area contributed by atoms with Crippen molar-refractivity contribution < 1.29 is 9.53 Å². The van der Waals surface area contributed by atoms with Crippen molar-refractivity contribution in [1.82, 2.24) is 4.90 Å². The van der Waals surface area contributed by atoms with Gasteiger partial charge in [0.25, 0.3) is 0 Å². The molecule has 1 saturated carbocycles. The van der Waals surface area contributed by atoms with Crippen molar-refractivity contribution >= 4 is 5.97 Å². The molecule has 0 aromatic rings. The lowest BCUT2D eigenvalue weighted by atomic mass is 9.94. The van der Waals surface area contributed by atoms with Crippen LogP contribution in [-0.4, -0.2) is 43.2 Å². The Morgan fingerprint density at radius 1 is 1.41 bits per heavy atom. The summed E-state index contributed by atoms with van der Waals surface area (Å²) in [7, 11) is 2.13. The van der Waals surface area contributed by atoms with Gasteiger partial charge in [-0.25, -0.2) is 0 Å². The first kappa shape index (κ1) is 14.5. The van der Waals surface area contributed by atoms with Gasteiger partial charge in [-0.1, -0.05) is 19.3 Å². The molecule has 0 spiro atoms. The summed E-state index contributed by atoms with van der Waals surface area (Å²) < 4.78 is 4.90. The highest BCUT2D eigenvalue weighted by Crippen LogP contribution is 2.21. The highest BCUT2D eigenvalue weighted by Gasteiger charge is 2.20. The second kappa shape index (κ2) is 7.67. The SMILES string of the molecule is CCOC(=O)C(N)CCN(C)C1CCCCC1. The quantitative estimate of drug-likeness (QED) is 0.718. The van der Waals surface area contributed by atoms with Crippen molar-refractivity contribution in [1.29, 1.82) is 0 Å². The third-order valence-electron chi connectivity index (χ3n) is 3.58. The second-order valence-corrected chi connectivity index (χ2v) is 4.92. The van der Waals surface area contributed by atoms with E-state index in [2.05, 4.69) is 11.9 Å². The van der Waals surface area contributed by atoms with Gasteiger partial charge in [-0.15, -0.1) is 0 Å². The van der Waals surface area contributed by atoms with E-state index in [1.807, 2.05) is 0 Å². The lowest BCUT2D eigenvalue weighted by Crippen LogP contribution is -2.39. The number of esters is 1. The smallest absolute Gasteiger partial charge is 0.322 e. The van der Waals surface area contributed by atoms with Gasteiger partial charge >= 0.3 is 5.97 Å². The van der Waals surface area contributed by atoms with Gasteiger partial charge in [0, 0.05) is 12.6 Å². The van der Waals surface area contributed by atoms with Crippen LogP contribution in [0.15, 0.2) is 0 Å². The highest BCUT2D eigenvalue weighted by atomic mass is 16.5. The van der Waals surface area contributed by atoms with Gasteiger partial charge in [0.05, 0.1) is 6.61 Å². The van der Waals surface area contributed by atoms with Crippen molar-refractivity contribution in [2.75, 3.05) is 20.2 Å². The van der Waals surface area contributed by atoms with Crippen LogP contribution < -0.4 is 5.73 Å². The zero-order valence-corrected chi connectivity index (χ0v) is 11.2. The molecular weight excluding hydrogens is 216 g/mol. The molecule has 1 aliphatic rings. The Morgan fingerprint density at radius 2 is 2.06 bits per heavy atom. The predicted octanol–water partition coefficient (Wildman–Crippen LogP) is 1.53. The molecule has 0 saturated heterocycles. The van der Waals surface area contributed by atoms with E-state index in [4.69, 9.17) is 10.5 Å². The van der Waals surface area contributed by atoms with Gasteiger partial charge < -0.3 is 15.4 Å². The third kappa shape index (κ3) is 5.04. The number of ether oxygens (including phenoxy) is 1. The van der Waals surface area contributed by atoms with E-state index in [1.165, 1.54) is 32.1 Å². The maximum absolute atomic E-state index is 11.4. The average molecular weight is 242 g/mol. The Kier molecular flexibility index (Phi) is 6.52. The van der Waals surface area contributed by atoms with Crippen LogP contribution in [0.4, 0.5) is 0 Å². The van der Waals surface area contributed by atoms with Crippen molar-refractivity contribution in [3.8, 4) is 0 Å². The van der Waals surface area contributed by atoms with Crippen LogP contribution in [0, 0.1) is 0 Å². The van der Waals surface area contributed by atoms with Crippen LogP contribution in [0.25, 0.3) is 0 Å². The molecule has 0 radical (unpaired) electrons. The van der Waals surface area contributed by atoms with Crippen molar-refractivity contribution in [2.24, 2.45) is 5.73 Å². The molecule has 17 heavy (non-hydrogen) atoms. The number of carbonyl (C=O) groups is 1. The monoisotopic (exact) mass is 242 g/mol. The first-order valence-electron chi connectivity index (χ1n) is 6.77. The number of carbonyl (C=O) groups excluding carboxylic acids is 1. The van der Waals surface area contributed by atoms with Crippen LogP contribution in [0.2, 0.25) is 0 Å². The van der Waals surface area contributed by atoms with Crippen molar-refractivity contribution in [2.45, 2.75) is 57.5 Å². The second-order valence-electron chi connectivity index (χ2n) is 4.92. The Morgan fingerprint density at radius 3 is 2.65 bits per heavy atom. The van der Waals surface area contributed by atoms with Crippen LogP contribution in [-0.2, 0) is 9.53 Å². The topological polar surface area (TPSA) is 55.6 Å². The Labute approximate surface area is 104 Å². The van der Waals surface area contributed by atoms with Gasteiger partial charge in [-0.3, -0.25) is 4.79 Å². The lowest BCUT2D eigenvalue weighted by molar-refractivity contribution is -0.144. The van der Waals surface area contributed by atoms with Crippen LogP contribution in [0.3, 0.4) is 0 Å². The van der Waals surface area contributed by atoms with E-state index in [1.54, 1.807) is 6.92 Å². The predicted molar refractivity (Wildman–Crippen MR) is 68.7 cm³/mol. The molecule has 0 heterocycles. The van der Waals surface area contributed by atoms with Crippen LogP contribution in [0.5, 0.6) is 0 Å². The highest BCUT2D eigenvalue weighted by molar-refractivity contribution is 5.75. The number of nitrogens with two attached hydrogens (primary N) is 1. The fraction of sp³-hybridized carbons (Fsp3) is 0.923. The van der Waals surface area contributed by atoms with E-state index >= 15 is 0 Å². The summed E-state index contributed by atoms with van der Waals surface area (Å²) in [5, 5.41) is 0. The number of rotatable bonds is 6. The first-order chi connectivity index (χ1) is 8.15. The molecule has 0 aromatic heterocycles. The maximum Gasteiger partial charge on any atom is 0.322 e. The van der Waals surface area contributed by atoms with Gasteiger partial charge in [-0.05, 0) is 33.2 Å². The molecular formula is C13H26N2O2. The minimum atomic E-state index is -0.471. The minimum Gasteiger partial charge on any atom is -0.465 e. The molecule has 0 amide bonds. The molecule has 100 valence electrons. The molecule has 1 unspecified atom stereocenters. The zero-order chi connectivity index (χ0) is 12.7. The molecule has 1 aliphatic carbocycles. The Hall–Kier alpha value is -0.610. The molecule has 1 atom stereocenters. The Bertz CT molecular complexity index is 227. The van der Waals surface area contributed by atoms with E-state index in [0.29, 0.717) is 19.1 Å². The lowest BCUT2D eigenvalue weighted by Gasteiger charge is -2.31. The molecule has 4 heteroatoms. The maximum atomic E-state index is 11.4. The normalized spacial score (nSPS) is 19.3. The largest absolute Gasteiger partial charge is 0.465 e. The summed E-state index contributed by atoms with van der Waals surface area (Å²) in [6.07, 6.45) is 7.28. The van der Waals surface area contributed by atoms with Crippen molar-refractivity contribution in [3.05, 3.63) is 0 Å². The standard InChI is InChI=1S/C13H26N2O2/c1-3-17-13(16)12(14)9-10-15(2)11-7-5-4-6-8-11/h11-12H,3-10,14H2,1-2H3. The number of nitrogens with zero attached hydrogens (tertiary/aromatic N) is 1. The van der Waals surface area contributed by atoms with Gasteiger partial charge in [0.1, 0.15) is 6.04 Å². The molecule has 1 rings (SSSR count). The molecule has 2 N–H and O–H groups in total. The van der Waals surface area contributed by atoms with E-state index in [-0.39, 0.29) is 5.97 Å². The van der Waals surface area contributed by atoms with E-state index < -0.39 is 6.04 Å². The zero-order valence-electron chi connectivity index (χ0n) is 11.2. The Balaban J connectivity index is 2.22. The van der Waals surface area contributed by atoms with Crippen LogP contribution >= 0.6 is 0 Å². The molecule has 0 aliphatic heterocycles. The first-order valence-corrected chi connectivity index (χ1v) is 6.77. The molecule has 4 nitrogen and oxygen atoms in total. The third-order valence-corrected chi connectivity index (χ3v) is 3.58. The summed E-state index contributed by atoms with van der Waals surface area (Å²) in [4.78, 5) is 13.7. The fourth-order valence-electron chi connectivity index (χ4n) is 2.41. The number of hydrogen-bond acceptors (Lipinski definition) is 4. The van der Waals surface area contributed by atoms with Gasteiger partial charge in [0.15, 0.2) is 0 Å². The molecule has 1 fully saturated rings. The number of hydrogen-bond donors (Lipinski definition) is 1. The summed E-state index contributed by atoms with van der Waals surface area (Å²) >= 11 is 0. The van der Waals surface area contributed by atoms with Gasteiger partial charge in [-0.2, -0.15) is 0 Å². The molecule has 0 bridgehead atoms. The van der Waals surface area contributed by atoms with E-state index in [9.17, 15) is 4.79 Å². The van der Waals surface area contributed by atoms with Gasteiger partial charge in [0.2, 0.25) is 0 Å². The average Bonchev–Trinajstić information content (AvgIpc) is 2.36. The fourth-order valence-corrected chi connectivity index (χ4v) is 2.41.